The number of hydrogen-bond acceptors (Lipinski definition) is 4. The van der Waals surface area contributed by atoms with Gasteiger partial charge >= 0.3 is 0 Å². The predicted octanol–water partition coefficient (Wildman–Crippen LogP) is 0.932. The predicted molar refractivity (Wildman–Crippen MR) is 65.3 cm³/mol. The normalized spacial score (nSPS) is 38.4. The first kappa shape index (κ1) is 11.7. The van der Waals surface area contributed by atoms with Crippen LogP contribution in [0.15, 0.2) is 0 Å². The molecule has 0 spiro atoms. The summed E-state index contributed by atoms with van der Waals surface area (Å²) in [7, 11) is 1.83. The fourth-order valence-corrected chi connectivity index (χ4v) is 4.19. The first-order valence-corrected chi connectivity index (χ1v) is 7.02. The topological polar surface area (TPSA) is 38.5 Å². The Bertz CT molecular complexity index is 207. The van der Waals surface area contributed by atoms with Crippen LogP contribution >= 0.6 is 11.8 Å². The van der Waals surface area contributed by atoms with Gasteiger partial charge in [0, 0.05) is 31.5 Å². The lowest BCUT2D eigenvalue weighted by atomic mass is 9.93. The average Bonchev–Trinajstić information content (AvgIpc) is 2.79. The third-order valence-corrected chi connectivity index (χ3v) is 5.08. The second-order valence-electron chi connectivity index (χ2n) is 4.68. The molecule has 3 nitrogen and oxygen atoms in total. The van der Waals surface area contributed by atoms with E-state index < -0.39 is 0 Å². The Morgan fingerprint density at radius 3 is 3.07 bits per heavy atom. The molecule has 2 N–H and O–H groups in total. The molecule has 0 radical (unpaired) electrons. The summed E-state index contributed by atoms with van der Waals surface area (Å²) in [5.41, 5.74) is 6.27. The zero-order valence-corrected chi connectivity index (χ0v) is 10.4. The first-order valence-electron chi connectivity index (χ1n) is 5.86. The molecule has 2 atom stereocenters. The highest BCUT2D eigenvalue weighted by Gasteiger charge is 2.40. The second-order valence-corrected chi connectivity index (χ2v) is 5.78. The Morgan fingerprint density at radius 1 is 1.60 bits per heavy atom. The molecule has 4 heteroatoms. The molecule has 0 aromatic heterocycles. The molecule has 0 aromatic carbocycles. The van der Waals surface area contributed by atoms with Crippen LogP contribution in [0.2, 0.25) is 0 Å². The van der Waals surface area contributed by atoms with Crippen LogP contribution in [-0.2, 0) is 4.74 Å². The van der Waals surface area contributed by atoms with E-state index in [0.717, 1.165) is 13.1 Å². The van der Waals surface area contributed by atoms with E-state index in [9.17, 15) is 0 Å². The van der Waals surface area contributed by atoms with Crippen molar-refractivity contribution < 1.29 is 4.74 Å². The molecule has 0 aliphatic carbocycles. The van der Waals surface area contributed by atoms with Gasteiger partial charge in [-0.2, -0.15) is 11.8 Å². The van der Waals surface area contributed by atoms with E-state index in [1.807, 2.05) is 18.9 Å². The minimum atomic E-state index is 0.280. The molecule has 2 unspecified atom stereocenters. The van der Waals surface area contributed by atoms with Crippen molar-refractivity contribution in [1.82, 2.24) is 4.90 Å². The zero-order valence-electron chi connectivity index (χ0n) is 9.58. The van der Waals surface area contributed by atoms with E-state index in [4.69, 9.17) is 10.5 Å². The molecule has 2 aliphatic heterocycles. The van der Waals surface area contributed by atoms with Crippen LogP contribution < -0.4 is 5.73 Å². The van der Waals surface area contributed by atoms with Gasteiger partial charge in [-0.15, -0.1) is 0 Å². The Morgan fingerprint density at radius 2 is 2.47 bits per heavy atom. The summed E-state index contributed by atoms with van der Waals surface area (Å²) < 4.78 is 5.48. The maximum Gasteiger partial charge on any atom is 0.0698 e. The molecule has 2 heterocycles. The number of methoxy groups -OCH3 is 1. The number of thioether (sulfide) groups is 1. The smallest absolute Gasteiger partial charge is 0.0698 e. The lowest BCUT2D eigenvalue weighted by molar-refractivity contribution is -0.00897. The van der Waals surface area contributed by atoms with Crippen LogP contribution in [0.3, 0.4) is 0 Å². The third-order valence-electron chi connectivity index (χ3n) is 3.84. The van der Waals surface area contributed by atoms with Crippen molar-refractivity contribution in [2.24, 2.45) is 5.73 Å². The molecule has 15 heavy (non-hydrogen) atoms. The largest absolute Gasteiger partial charge is 0.380 e. The monoisotopic (exact) mass is 230 g/mol. The number of rotatable bonds is 3. The van der Waals surface area contributed by atoms with Crippen molar-refractivity contribution in [3.63, 3.8) is 0 Å². The van der Waals surface area contributed by atoms with Crippen LogP contribution in [-0.4, -0.2) is 54.8 Å². The van der Waals surface area contributed by atoms with E-state index in [1.165, 1.54) is 37.3 Å². The summed E-state index contributed by atoms with van der Waals surface area (Å²) in [6, 6.07) is 0. The highest BCUT2D eigenvalue weighted by Crippen LogP contribution is 2.34. The minimum absolute atomic E-state index is 0.280. The maximum absolute atomic E-state index is 5.99. The molecule has 2 rings (SSSR count). The number of likely N-dealkylation sites (tertiary alicyclic amines) is 1. The van der Waals surface area contributed by atoms with Crippen LogP contribution in [0.25, 0.3) is 0 Å². The van der Waals surface area contributed by atoms with Crippen molar-refractivity contribution in [3.8, 4) is 0 Å². The molecule has 0 bridgehead atoms. The van der Waals surface area contributed by atoms with Crippen molar-refractivity contribution in [1.29, 1.82) is 0 Å². The molecule has 2 fully saturated rings. The van der Waals surface area contributed by atoms with Gasteiger partial charge in [0.15, 0.2) is 0 Å². The molecule has 0 aromatic rings. The Labute approximate surface area is 96.7 Å². The van der Waals surface area contributed by atoms with Crippen molar-refractivity contribution in [3.05, 3.63) is 0 Å². The van der Waals surface area contributed by atoms with E-state index in [0.29, 0.717) is 6.10 Å². The highest BCUT2D eigenvalue weighted by molar-refractivity contribution is 7.99. The summed E-state index contributed by atoms with van der Waals surface area (Å²) in [4.78, 5) is 2.59. The fourth-order valence-electron chi connectivity index (χ4n) is 2.70. The maximum atomic E-state index is 5.99. The van der Waals surface area contributed by atoms with Gasteiger partial charge in [0.25, 0.3) is 0 Å². The number of hydrogen-bond donors (Lipinski definition) is 1. The molecule has 2 saturated heterocycles. The molecular weight excluding hydrogens is 208 g/mol. The van der Waals surface area contributed by atoms with Gasteiger partial charge in [-0.05, 0) is 31.6 Å². The van der Waals surface area contributed by atoms with Crippen LogP contribution in [0.1, 0.15) is 19.3 Å². The van der Waals surface area contributed by atoms with Gasteiger partial charge in [0.05, 0.1) is 6.10 Å². The van der Waals surface area contributed by atoms with Gasteiger partial charge < -0.3 is 10.5 Å². The molecule has 2 aliphatic rings. The lowest BCUT2D eigenvalue weighted by Gasteiger charge is -2.44. The average molecular weight is 230 g/mol. The van der Waals surface area contributed by atoms with Crippen molar-refractivity contribution in [2.45, 2.75) is 30.9 Å². The lowest BCUT2D eigenvalue weighted by Crippen LogP contribution is -2.58. The van der Waals surface area contributed by atoms with Crippen LogP contribution in [0, 0.1) is 0 Å². The van der Waals surface area contributed by atoms with E-state index in [2.05, 4.69) is 4.90 Å². The van der Waals surface area contributed by atoms with E-state index >= 15 is 0 Å². The zero-order chi connectivity index (χ0) is 10.7. The van der Waals surface area contributed by atoms with Gasteiger partial charge in [0.1, 0.15) is 0 Å². The second kappa shape index (κ2) is 5.04. The van der Waals surface area contributed by atoms with Gasteiger partial charge in [-0.3, -0.25) is 4.90 Å². The number of nitrogens with zero attached hydrogens (tertiary/aromatic N) is 1. The molecule has 88 valence electrons. The first-order chi connectivity index (χ1) is 7.30. The Hall–Kier alpha value is 0.230. The van der Waals surface area contributed by atoms with Gasteiger partial charge in [-0.1, -0.05) is 0 Å². The van der Waals surface area contributed by atoms with E-state index in [1.54, 1.807) is 0 Å². The Kier molecular flexibility index (Phi) is 3.93. The fraction of sp³-hybridized carbons (Fsp3) is 1.00. The van der Waals surface area contributed by atoms with Crippen molar-refractivity contribution >= 4 is 11.8 Å². The summed E-state index contributed by atoms with van der Waals surface area (Å²) in [6.07, 6.45) is 4.14. The summed E-state index contributed by atoms with van der Waals surface area (Å²) in [5, 5.41) is 0. The Balaban J connectivity index is 2.01. The molecule has 0 saturated carbocycles. The molecular formula is C11H22N2OS. The minimum Gasteiger partial charge on any atom is -0.380 e. The summed E-state index contributed by atoms with van der Waals surface area (Å²) in [6.45, 7) is 3.09. The highest BCUT2D eigenvalue weighted by atomic mass is 32.2. The van der Waals surface area contributed by atoms with E-state index in [-0.39, 0.29) is 5.54 Å². The number of piperidine rings is 1. The third kappa shape index (κ3) is 2.33. The van der Waals surface area contributed by atoms with Crippen LogP contribution in [0.4, 0.5) is 0 Å². The van der Waals surface area contributed by atoms with Gasteiger partial charge in [0.2, 0.25) is 0 Å². The van der Waals surface area contributed by atoms with Gasteiger partial charge in [-0.25, -0.2) is 0 Å². The SMILES string of the molecule is COC1CCCN(C2(CN)CCSC2)C1. The quantitative estimate of drug-likeness (QED) is 0.783. The number of ether oxygens (including phenoxy) is 1. The van der Waals surface area contributed by atoms with Crippen molar-refractivity contribution in [2.75, 3.05) is 38.2 Å². The standard InChI is InChI=1S/C11H22N2OS/c1-14-10-3-2-5-13(7-10)11(8-12)4-6-15-9-11/h10H,2-9,12H2,1H3. The summed E-state index contributed by atoms with van der Waals surface area (Å²) >= 11 is 2.05. The summed E-state index contributed by atoms with van der Waals surface area (Å²) in [5.74, 6) is 2.48. The number of nitrogens with two attached hydrogens (primary N) is 1. The molecule has 0 amide bonds. The van der Waals surface area contributed by atoms with Crippen LogP contribution in [0.5, 0.6) is 0 Å².